The van der Waals surface area contributed by atoms with Crippen molar-refractivity contribution in [3.05, 3.63) is 33.3 Å². The van der Waals surface area contributed by atoms with Crippen LogP contribution in [0.2, 0.25) is 5.02 Å². The molecule has 1 fully saturated rings. The maximum Gasteiger partial charge on any atom is 0.312 e. The number of hydrogen-bond donors (Lipinski definition) is 1. The average molecular weight is 324 g/mol. The molecule has 1 aliphatic carbocycles. The first-order valence-electron chi connectivity index (χ1n) is 6.65. The Morgan fingerprint density at radius 3 is 2.86 bits per heavy atom. The highest BCUT2D eigenvalue weighted by Crippen LogP contribution is 2.39. The third kappa shape index (κ3) is 3.65. The van der Waals surface area contributed by atoms with Gasteiger partial charge in [0, 0.05) is 11.1 Å². The minimum Gasteiger partial charge on any atom is -0.477 e. The molecule has 22 heavy (non-hydrogen) atoms. The standard InChI is InChI=1S/C14H14ClN3O4/c1-14(8-16,9-2-3-9)17-13(19)7-22-12-5-4-10(15)6-11(12)18(20)21/h4-6,9H,2-3,7H2,1H3,(H,17,19)/t14-/m0/s1. The van der Waals surface area contributed by atoms with E-state index in [1.165, 1.54) is 12.1 Å². The number of nitrogens with one attached hydrogen (secondary N) is 1. The lowest BCUT2D eigenvalue weighted by Gasteiger charge is -2.22. The Balaban J connectivity index is 2.00. The fourth-order valence-electron chi connectivity index (χ4n) is 2.11. The van der Waals surface area contributed by atoms with Crippen LogP contribution in [-0.4, -0.2) is 23.0 Å². The van der Waals surface area contributed by atoms with Gasteiger partial charge in [-0.1, -0.05) is 11.6 Å². The summed E-state index contributed by atoms with van der Waals surface area (Å²) in [6.07, 6.45) is 1.79. The van der Waals surface area contributed by atoms with Crippen molar-refractivity contribution < 1.29 is 14.5 Å². The van der Waals surface area contributed by atoms with Gasteiger partial charge >= 0.3 is 5.69 Å². The molecule has 0 bridgehead atoms. The highest BCUT2D eigenvalue weighted by atomic mass is 35.5. The Hall–Kier alpha value is -2.33. The molecule has 1 aromatic rings. The Bertz CT molecular complexity index is 654. The number of carbonyl (C=O) groups excluding carboxylic acids is 1. The highest BCUT2D eigenvalue weighted by Gasteiger charge is 2.43. The molecule has 2 rings (SSSR count). The number of benzene rings is 1. The molecule has 0 spiro atoms. The molecular weight excluding hydrogens is 310 g/mol. The fraction of sp³-hybridized carbons (Fsp3) is 0.429. The summed E-state index contributed by atoms with van der Waals surface area (Å²) in [6.45, 7) is 1.25. The quantitative estimate of drug-likeness (QED) is 0.639. The molecule has 0 aliphatic heterocycles. The molecule has 0 saturated heterocycles. The Labute approximate surface area is 132 Å². The normalized spacial score (nSPS) is 16.2. The summed E-state index contributed by atoms with van der Waals surface area (Å²) in [5.74, 6) is -0.402. The summed E-state index contributed by atoms with van der Waals surface area (Å²) in [4.78, 5) is 22.2. The lowest BCUT2D eigenvalue weighted by molar-refractivity contribution is -0.385. The van der Waals surface area contributed by atoms with Gasteiger partial charge in [0.15, 0.2) is 12.4 Å². The van der Waals surface area contributed by atoms with Crippen molar-refractivity contribution in [1.29, 1.82) is 5.26 Å². The molecule has 0 aromatic heterocycles. The number of nitro benzene ring substituents is 1. The van der Waals surface area contributed by atoms with E-state index < -0.39 is 23.0 Å². The van der Waals surface area contributed by atoms with E-state index in [0.29, 0.717) is 0 Å². The first kappa shape index (κ1) is 16.0. The summed E-state index contributed by atoms with van der Waals surface area (Å²) < 4.78 is 5.18. The van der Waals surface area contributed by atoms with Crippen LogP contribution in [-0.2, 0) is 4.79 Å². The zero-order chi connectivity index (χ0) is 16.3. The van der Waals surface area contributed by atoms with Crippen LogP contribution >= 0.6 is 11.6 Å². The SMILES string of the molecule is C[C@@](C#N)(NC(=O)COc1ccc(Cl)cc1[N+](=O)[O-])C1CC1. The van der Waals surface area contributed by atoms with E-state index in [-0.39, 0.29) is 22.4 Å². The summed E-state index contributed by atoms with van der Waals surface area (Å²) in [7, 11) is 0. The van der Waals surface area contributed by atoms with Gasteiger partial charge in [0.2, 0.25) is 0 Å². The van der Waals surface area contributed by atoms with Crippen molar-refractivity contribution in [3.63, 3.8) is 0 Å². The monoisotopic (exact) mass is 323 g/mol. The highest BCUT2D eigenvalue weighted by molar-refractivity contribution is 6.30. The predicted molar refractivity (Wildman–Crippen MR) is 78.5 cm³/mol. The third-order valence-electron chi connectivity index (χ3n) is 3.50. The maximum atomic E-state index is 11.9. The van der Waals surface area contributed by atoms with Crippen LogP contribution in [0.15, 0.2) is 18.2 Å². The number of amides is 1. The minimum atomic E-state index is -0.924. The zero-order valence-corrected chi connectivity index (χ0v) is 12.6. The van der Waals surface area contributed by atoms with Crippen molar-refractivity contribution in [3.8, 4) is 11.8 Å². The van der Waals surface area contributed by atoms with E-state index in [4.69, 9.17) is 21.6 Å². The van der Waals surface area contributed by atoms with E-state index in [0.717, 1.165) is 18.9 Å². The van der Waals surface area contributed by atoms with Gasteiger partial charge in [-0.15, -0.1) is 0 Å². The Morgan fingerprint density at radius 2 is 2.32 bits per heavy atom. The summed E-state index contributed by atoms with van der Waals surface area (Å²) in [5.41, 5.74) is -1.24. The van der Waals surface area contributed by atoms with Crippen LogP contribution in [0.5, 0.6) is 5.75 Å². The second-order valence-electron chi connectivity index (χ2n) is 5.29. The molecule has 1 saturated carbocycles. The van der Waals surface area contributed by atoms with Gasteiger partial charge in [0.25, 0.3) is 5.91 Å². The van der Waals surface area contributed by atoms with E-state index in [2.05, 4.69) is 11.4 Å². The fourth-order valence-corrected chi connectivity index (χ4v) is 2.27. The van der Waals surface area contributed by atoms with Crippen LogP contribution in [0, 0.1) is 27.4 Å². The molecule has 1 aromatic carbocycles. The number of nitro groups is 1. The Kier molecular flexibility index (Phi) is 4.52. The largest absolute Gasteiger partial charge is 0.477 e. The maximum absolute atomic E-state index is 11.9. The van der Waals surface area contributed by atoms with Crippen LogP contribution in [0.3, 0.4) is 0 Å². The number of nitrogens with zero attached hydrogens (tertiary/aromatic N) is 2. The molecule has 1 amide bonds. The summed E-state index contributed by atoms with van der Waals surface area (Å²) in [6, 6.07) is 6.01. The number of nitriles is 1. The molecule has 0 unspecified atom stereocenters. The van der Waals surface area contributed by atoms with Crippen molar-refractivity contribution >= 4 is 23.2 Å². The second-order valence-corrected chi connectivity index (χ2v) is 5.73. The van der Waals surface area contributed by atoms with Crippen LogP contribution < -0.4 is 10.1 Å². The number of hydrogen-bond acceptors (Lipinski definition) is 5. The van der Waals surface area contributed by atoms with E-state index in [1.54, 1.807) is 6.92 Å². The van der Waals surface area contributed by atoms with Gasteiger partial charge < -0.3 is 10.1 Å². The number of halogens is 1. The van der Waals surface area contributed by atoms with Gasteiger partial charge in [-0.05, 0) is 37.8 Å². The van der Waals surface area contributed by atoms with E-state index in [1.807, 2.05) is 0 Å². The average Bonchev–Trinajstić information content (AvgIpc) is 3.30. The van der Waals surface area contributed by atoms with Gasteiger partial charge in [-0.2, -0.15) is 5.26 Å². The molecule has 7 nitrogen and oxygen atoms in total. The van der Waals surface area contributed by atoms with Crippen molar-refractivity contribution in [2.24, 2.45) is 5.92 Å². The van der Waals surface area contributed by atoms with Gasteiger partial charge in [0.1, 0.15) is 5.54 Å². The first-order valence-corrected chi connectivity index (χ1v) is 7.02. The van der Waals surface area contributed by atoms with Gasteiger partial charge in [-0.25, -0.2) is 0 Å². The van der Waals surface area contributed by atoms with Crippen molar-refractivity contribution in [2.45, 2.75) is 25.3 Å². The molecule has 1 aliphatic rings. The minimum absolute atomic E-state index is 0.0466. The first-order chi connectivity index (χ1) is 10.4. The van der Waals surface area contributed by atoms with Crippen LogP contribution in [0.25, 0.3) is 0 Å². The third-order valence-corrected chi connectivity index (χ3v) is 3.74. The molecule has 1 N–H and O–H groups in total. The van der Waals surface area contributed by atoms with Crippen LogP contribution in [0.1, 0.15) is 19.8 Å². The lowest BCUT2D eigenvalue weighted by atomic mass is 9.98. The molecule has 8 heteroatoms. The van der Waals surface area contributed by atoms with Gasteiger partial charge in [0.05, 0.1) is 11.0 Å². The molecule has 1 atom stereocenters. The Morgan fingerprint density at radius 1 is 1.64 bits per heavy atom. The van der Waals surface area contributed by atoms with Gasteiger partial charge in [-0.3, -0.25) is 14.9 Å². The summed E-state index contributed by atoms with van der Waals surface area (Å²) >= 11 is 5.70. The molecule has 0 radical (unpaired) electrons. The van der Waals surface area contributed by atoms with E-state index in [9.17, 15) is 14.9 Å². The topological polar surface area (TPSA) is 105 Å². The zero-order valence-electron chi connectivity index (χ0n) is 11.8. The van der Waals surface area contributed by atoms with Crippen LogP contribution in [0.4, 0.5) is 5.69 Å². The van der Waals surface area contributed by atoms with Crippen molar-refractivity contribution in [1.82, 2.24) is 5.32 Å². The van der Waals surface area contributed by atoms with Crippen molar-refractivity contribution in [2.75, 3.05) is 6.61 Å². The molecule has 0 heterocycles. The number of rotatable bonds is 6. The second kappa shape index (κ2) is 6.20. The predicted octanol–water partition coefficient (Wildman–Crippen LogP) is 2.44. The molecular formula is C14H14ClN3O4. The lowest BCUT2D eigenvalue weighted by Crippen LogP contribution is -2.48. The molecule has 116 valence electrons. The number of carbonyl (C=O) groups is 1. The number of ether oxygens (including phenoxy) is 1. The van der Waals surface area contributed by atoms with E-state index >= 15 is 0 Å². The smallest absolute Gasteiger partial charge is 0.312 e. The summed E-state index contributed by atoms with van der Waals surface area (Å²) in [5, 5.41) is 22.9.